The first-order chi connectivity index (χ1) is 10.1. The quantitative estimate of drug-likeness (QED) is 0.315. The average molecular weight is 295 g/mol. The van der Waals surface area contributed by atoms with Gasteiger partial charge in [0.2, 0.25) is 0 Å². The van der Waals surface area contributed by atoms with Crippen molar-refractivity contribution in [1.29, 1.82) is 0 Å². The first-order valence-corrected chi connectivity index (χ1v) is 6.49. The molecule has 3 N–H and O–H groups in total. The monoisotopic (exact) mass is 295 g/mol. The smallest absolute Gasteiger partial charge is 0.254 e. The molecular formula is C14H21N3O4. The average Bonchev–Trinajstić information content (AvgIpc) is 2.53. The number of amides is 1. The molecule has 7 heteroatoms. The Bertz CT molecular complexity index is 483. The molecule has 21 heavy (non-hydrogen) atoms. The fourth-order valence-electron chi connectivity index (χ4n) is 1.77. The number of nitrogens with two attached hydrogens (primary N) is 1. The molecule has 0 aromatic heterocycles. The molecular weight excluding hydrogens is 274 g/mol. The predicted octanol–water partition coefficient (Wildman–Crippen LogP) is 0.516. The summed E-state index contributed by atoms with van der Waals surface area (Å²) in [4.78, 5) is 14.1. The van der Waals surface area contributed by atoms with E-state index >= 15 is 0 Å². The Morgan fingerprint density at radius 1 is 1.24 bits per heavy atom. The number of hydrogen-bond acceptors (Lipinski definition) is 5. The van der Waals surface area contributed by atoms with E-state index in [1.165, 1.54) is 0 Å². The van der Waals surface area contributed by atoms with Crippen molar-refractivity contribution in [3.05, 3.63) is 35.4 Å². The number of rotatable bonds is 8. The molecule has 0 saturated carbocycles. The third kappa shape index (κ3) is 5.05. The van der Waals surface area contributed by atoms with Crippen LogP contribution >= 0.6 is 0 Å². The van der Waals surface area contributed by atoms with Crippen molar-refractivity contribution >= 4 is 11.7 Å². The summed E-state index contributed by atoms with van der Waals surface area (Å²) in [6.07, 6.45) is 0. The first kappa shape index (κ1) is 16.9. The number of ether oxygens (including phenoxy) is 2. The number of oxime groups is 1. The largest absolute Gasteiger partial charge is 0.409 e. The van der Waals surface area contributed by atoms with Gasteiger partial charge in [-0.25, -0.2) is 0 Å². The second-order valence-electron chi connectivity index (χ2n) is 4.34. The lowest BCUT2D eigenvalue weighted by Gasteiger charge is -2.22. The number of amidine groups is 1. The van der Waals surface area contributed by atoms with E-state index in [1.54, 1.807) is 43.4 Å². The molecule has 0 aliphatic heterocycles. The maximum atomic E-state index is 12.5. The zero-order valence-corrected chi connectivity index (χ0v) is 12.3. The molecule has 0 aliphatic rings. The van der Waals surface area contributed by atoms with Crippen molar-refractivity contribution in [2.45, 2.75) is 0 Å². The number of methoxy groups -OCH3 is 2. The second kappa shape index (κ2) is 8.93. The Hall–Kier alpha value is -2.12. The van der Waals surface area contributed by atoms with Crippen LogP contribution in [0.1, 0.15) is 15.9 Å². The summed E-state index contributed by atoms with van der Waals surface area (Å²) < 4.78 is 10.0. The van der Waals surface area contributed by atoms with Crippen LogP contribution in [0.5, 0.6) is 0 Å². The Morgan fingerprint density at radius 2 is 1.81 bits per heavy atom. The van der Waals surface area contributed by atoms with Crippen LogP contribution in [0.25, 0.3) is 0 Å². The fourth-order valence-corrected chi connectivity index (χ4v) is 1.77. The van der Waals surface area contributed by atoms with Gasteiger partial charge < -0.3 is 25.3 Å². The molecule has 0 heterocycles. The van der Waals surface area contributed by atoms with E-state index in [0.29, 0.717) is 37.4 Å². The topological polar surface area (TPSA) is 97.4 Å². The van der Waals surface area contributed by atoms with Gasteiger partial charge in [-0.05, 0) is 12.1 Å². The Kier molecular flexibility index (Phi) is 7.20. The molecule has 0 saturated heterocycles. The lowest BCUT2D eigenvalue weighted by molar-refractivity contribution is 0.0627. The summed E-state index contributed by atoms with van der Waals surface area (Å²) in [6.45, 7) is 1.81. The van der Waals surface area contributed by atoms with Crippen LogP contribution in [-0.2, 0) is 9.47 Å². The van der Waals surface area contributed by atoms with Gasteiger partial charge in [0.15, 0.2) is 5.84 Å². The van der Waals surface area contributed by atoms with Gasteiger partial charge in [-0.1, -0.05) is 17.3 Å². The van der Waals surface area contributed by atoms with Gasteiger partial charge >= 0.3 is 0 Å². The van der Waals surface area contributed by atoms with Crippen LogP contribution < -0.4 is 5.73 Å². The minimum Gasteiger partial charge on any atom is -0.409 e. The fraction of sp³-hybridized carbons (Fsp3) is 0.429. The van der Waals surface area contributed by atoms with E-state index in [4.69, 9.17) is 20.4 Å². The highest BCUT2D eigenvalue weighted by Gasteiger charge is 2.16. The molecule has 0 spiro atoms. The second-order valence-corrected chi connectivity index (χ2v) is 4.34. The molecule has 1 aromatic carbocycles. The summed E-state index contributed by atoms with van der Waals surface area (Å²) in [5.41, 5.74) is 6.49. The highest BCUT2D eigenvalue weighted by molar-refractivity contribution is 6.01. The van der Waals surface area contributed by atoms with Crippen molar-refractivity contribution in [1.82, 2.24) is 4.90 Å². The Balaban J connectivity index is 2.91. The highest BCUT2D eigenvalue weighted by Crippen LogP contribution is 2.09. The molecule has 0 fully saturated rings. The molecule has 0 bridgehead atoms. The third-order valence-electron chi connectivity index (χ3n) is 2.93. The van der Waals surface area contributed by atoms with E-state index < -0.39 is 0 Å². The zero-order valence-electron chi connectivity index (χ0n) is 12.3. The Morgan fingerprint density at radius 3 is 2.33 bits per heavy atom. The van der Waals surface area contributed by atoms with Gasteiger partial charge in [0.25, 0.3) is 5.91 Å². The van der Waals surface area contributed by atoms with Gasteiger partial charge in [0, 0.05) is 38.4 Å². The van der Waals surface area contributed by atoms with Crippen LogP contribution in [-0.4, -0.2) is 62.4 Å². The van der Waals surface area contributed by atoms with E-state index in [-0.39, 0.29) is 11.7 Å². The lowest BCUT2D eigenvalue weighted by Crippen LogP contribution is -2.36. The number of carbonyl (C=O) groups is 1. The molecule has 1 rings (SSSR count). The maximum Gasteiger partial charge on any atom is 0.254 e. The summed E-state index contributed by atoms with van der Waals surface area (Å²) in [5, 5.41) is 11.6. The molecule has 0 aliphatic carbocycles. The molecule has 0 atom stereocenters. The number of hydrogen-bond donors (Lipinski definition) is 2. The normalized spacial score (nSPS) is 11.4. The number of benzene rings is 1. The van der Waals surface area contributed by atoms with Crippen LogP contribution in [0.15, 0.2) is 29.4 Å². The van der Waals surface area contributed by atoms with Crippen LogP contribution in [0.2, 0.25) is 0 Å². The van der Waals surface area contributed by atoms with Gasteiger partial charge in [0.05, 0.1) is 13.2 Å². The summed E-state index contributed by atoms with van der Waals surface area (Å²) in [6, 6.07) is 6.62. The van der Waals surface area contributed by atoms with Crippen molar-refractivity contribution in [2.24, 2.45) is 10.9 Å². The minimum atomic E-state index is -0.156. The minimum absolute atomic E-state index is 0.0371. The lowest BCUT2D eigenvalue weighted by atomic mass is 10.1. The van der Waals surface area contributed by atoms with Gasteiger partial charge in [0.1, 0.15) is 0 Å². The van der Waals surface area contributed by atoms with Gasteiger partial charge in [-0.2, -0.15) is 0 Å². The van der Waals surface area contributed by atoms with Crippen LogP contribution in [0.3, 0.4) is 0 Å². The zero-order chi connectivity index (χ0) is 15.7. The standard InChI is InChI=1S/C14H21N3O4/c1-20-8-6-17(7-9-21-2)14(18)12-5-3-4-11(10-12)13(15)16-19/h3-5,10,19H,6-9H2,1-2H3,(H2,15,16). The van der Waals surface area contributed by atoms with Crippen LogP contribution in [0.4, 0.5) is 0 Å². The maximum absolute atomic E-state index is 12.5. The van der Waals surface area contributed by atoms with Gasteiger partial charge in [-0.3, -0.25) is 4.79 Å². The third-order valence-corrected chi connectivity index (χ3v) is 2.93. The van der Waals surface area contributed by atoms with Crippen molar-refractivity contribution in [2.75, 3.05) is 40.5 Å². The number of carbonyl (C=O) groups excluding carboxylic acids is 1. The molecule has 0 radical (unpaired) electrons. The highest BCUT2D eigenvalue weighted by atomic mass is 16.5. The van der Waals surface area contributed by atoms with Crippen molar-refractivity contribution in [3.8, 4) is 0 Å². The van der Waals surface area contributed by atoms with Crippen molar-refractivity contribution < 1.29 is 19.5 Å². The van der Waals surface area contributed by atoms with E-state index in [2.05, 4.69) is 5.16 Å². The SMILES string of the molecule is COCCN(CCOC)C(=O)c1cccc(C(N)=NO)c1. The summed E-state index contributed by atoms with van der Waals surface area (Å²) in [5.74, 6) is -0.193. The predicted molar refractivity (Wildman–Crippen MR) is 78.6 cm³/mol. The first-order valence-electron chi connectivity index (χ1n) is 6.49. The van der Waals surface area contributed by atoms with Gasteiger partial charge in [-0.15, -0.1) is 0 Å². The van der Waals surface area contributed by atoms with E-state index in [9.17, 15) is 4.79 Å². The van der Waals surface area contributed by atoms with Crippen molar-refractivity contribution in [3.63, 3.8) is 0 Å². The summed E-state index contributed by atoms with van der Waals surface area (Å²) in [7, 11) is 3.16. The van der Waals surface area contributed by atoms with Crippen LogP contribution in [0, 0.1) is 0 Å². The molecule has 7 nitrogen and oxygen atoms in total. The molecule has 1 amide bonds. The number of nitrogens with zero attached hydrogens (tertiary/aromatic N) is 2. The molecule has 1 aromatic rings. The summed E-state index contributed by atoms with van der Waals surface area (Å²) >= 11 is 0. The van der Waals surface area contributed by atoms with E-state index in [0.717, 1.165) is 0 Å². The molecule has 0 unspecified atom stereocenters. The molecule has 116 valence electrons. The van der Waals surface area contributed by atoms with E-state index in [1.807, 2.05) is 0 Å². The Labute approximate surface area is 123 Å².